The molecule has 1 heterocycles. The van der Waals surface area contributed by atoms with E-state index in [0.29, 0.717) is 5.41 Å². The van der Waals surface area contributed by atoms with E-state index in [-0.39, 0.29) is 0 Å². The molecule has 2 heteroatoms. The highest BCUT2D eigenvalue weighted by Crippen LogP contribution is 2.54. The van der Waals surface area contributed by atoms with Crippen LogP contribution in [0.5, 0.6) is 0 Å². The molecule has 0 aromatic carbocycles. The first kappa shape index (κ1) is 8.52. The number of hydrogen-bond acceptors (Lipinski definition) is 2. The second-order valence-corrected chi connectivity index (χ2v) is 4.32. The summed E-state index contributed by atoms with van der Waals surface area (Å²) in [5, 5.41) is 3.42. The van der Waals surface area contributed by atoms with Crippen LogP contribution in [-0.4, -0.2) is 26.8 Å². The van der Waals surface area contributed by atoms with Crippen molar-refractivity contribution in [3.8, 4) is 0 Å². The van der Waals surface area contributed by atoms with Gasteiger partial charge in [-0.3, -0.25) is 0 Å². The van der Waals surface area contributed by atoms with Gasteiger partial charge in [-0.25, -0.2) is 0 Å². The van der Waals surface area contributed by atoms with Gasteiger partial charge >= 0.3 is 0 Å². The molecule has 2 aliphatic rings. The molecule has 0 unspecified atom stereocenters. The van der Waals surface area contributed by atoms with Gasteiger partial charge in [0.2, 0.25) is 0 Å². The van der Waals surface area contributed by atoms with Gasteiger partial charge < -0.3 is 10.1 Å². The molecule has 1 aliphatic carbocycles. The minimum atomic E-state index is 0.608. The molecule has 2 nitrogen and oxygen atoms in total. The lowest BCUT2D eigenvalue weighted by molar-refractivity contribution is 0.0912. The Balaban J connectivity index is 1.88. The van der Waals surface area contributed by atoms with Crippen LogP contribution in [0.3, 0.4) is 0 Å². The number of methoxy groups -OCH3 is 1. The van der Waals surface area contributed by atoms with Gasteiger partial charge in [0.05, 0.1) is 6.61 Å². The average molecular weight is 169 g/mol. The number of nitrogens with one attached hydrogen (secondary N) is 1. The molecular formula is C10H19NO. The maximum absolute atomic E-state index is 5.30. The fraction of sp³-hybridized carbons (Fsp3) is 1.00. The van der Waals surface area contributed by atoms with Crippen LogP contribution in [-0.2, 0) is 4.74 Å². The van der Waals surface area contributed by atoms with Gasteiger partial charge in [0.15, 0.2) is 0 Å². The molecule has 0 radical (unpaired) electrons. The topological polar surface area (TPSA) is 21.3 Å². The number of rotatable bonds is 3. The number of hydrogen-bond donors (Lipinski definition) is 1. The van der Waals surface area contributed by atoms with Gasteiger partial charge in [0.25, 0.3) is 0 Å². The third-order valence-electron chi connectivity index (χ3n) is 3.53. The summed E-state index contributed by atoms with van der Waals surface area (Å²) in [7, 11) is 1.83. The molecule has 0 atom stereocenters. The molecule has 0 bridgehead atoms. The van der Waals surface area contributed by atoms with Crippen LogP contribution in [0.4, 0.5) is 0 Å². The third kappa shape index (κ3) is 1.50. The van der Waals surface area contributed by atoms with Crippen molar-refractivity contribution in [2.24, 2.45) is 11.3 Å². The van der Waals surface area contributed by atoms with Crippen LogP contribution >= 0.6 is 0 Å². The molecule has 12 heavy (non-hydrogen) atoms. The molecule has 1 N–H and O–H groups in total. The van der Waals surface area contributed by atoms with Crippen molar-refractivity contribution >= 4 is 0 Å². The Morgan fingerprint density at radius 3 is 2.50 bits per heavy atom. The molecule has 1 saturated heterocycles. The molecule has 2 fully saturated rings. The van der Waals surface area contributed by atoms with Crippen LogP contribution < -0.4 is 5.32 Å². The molecule has 0 spiro atoms. The highest BCUT2D eigenvalue weighted by Gasteiger charge is 2.48. The van der Waals surface area contributed by atoms with E-state index in [1.165, 1.54) is 38.8 Å². The highest BCUT2D eigenvalue weighted by atomic mass is 16.5. The zero-order valence-corrected chi connectivity index (χ0v) is 7.94. The predicted octanol–water partition coefficient (Wildman–Crippen LogP) is 1.41. The van der Waals surface area contributed by atoms with Crippen LogP contribution in [0.2, 0.25) is 0 Å². The summed E-state index contributed by atoms with van der Waals surface area (Å²) in [5.41, 5.74) is 0.608. The summed E-state index contributed by atoms with van der Waals surface area (Å²) >= 11 is 0. The second kappa shape index (κ2) is 3.35. The maximum Gasteiger partial charge on any atom is 0.0521 e. The van der Waals surface area contributed by atoms with Gasteiger partial charge in [-0.1, -0.05) is 0 Å². The third-order valence-corrected chi connectivity index (χ3v) is 3.53. The quantitative estimate of drug-likeness (QED) is 0.689. The van der Waals surface area contributed by atoms with E-state index in [4.69, 9.17) is 4.74 Å². The Labute approximate surface area is 74.7 Å². The van der Waals surface area contributed by atoms with Gasteiger partial charge in [-0.15, -0.1) is 0 Å². The van der Waals surface area contributed by atoms with E-state index >= 15 is 0 Å². The van der Waals surface area contributed by atoms with E-state index in [2.05, 4.69) is 5.32 Å². The summed E-state index contributed by atoms with van der Waals surface area (Å²) in [6.45, 7) is 3.43. The van der Waals surface area contributed by atoms with E-state index < -0.39 is 0 Å². The van der Waals surface area contributed by atoms with Crippen molar-refractivity contribution in [1.82, 2.24) is 5.32 Å². The Hall–Kier alpha value is -0.0800. The molecule has 0 amide bonds. The first-order chi connectivity index (χ1) is 5.87. The molecule has 0 aromatic rings. The lowest BCUT2D eigenvalue weighted by atomic mass is 9.82. The molecule has 70 valence electrons. The lowest BCUT2D eigenvalue weighted by Crippen LogP contribution is -2.34. The van der Waals surface area contributed by atoms with Crippen molar-refractivity contribution in [1.29, 1.82) is 0 Å². The SMILES string of the molecule is COCC1(C2CCNCC2)CC1. The van der Waals surface area contributed by atoms with E-state index in [9.17, 15) is 0 Å². The predicted molar refractivity (Wildman–Crippen MR) is 49.1 cm³/mol. The summed E-state index contributed by atoms with van der Waals surface area (Å²) < 4.78 is 5.30. The fourth-order valence-corrected chi connectivity index (χ4v) is 2.55. The van der Waals surface area contributed by atoms with Gasteiger partial charge in [0, 0.05) is 7.11 Å². The van der Waals surface area contributed by atoms with Gasteiger partial charge in [-0.2, -0.15) is 0 Å². The fourth-order valence-electron chi connectivity index (χ4n) is 2.55. The van der Waals surface area contributed by atoms with Crippen molar-refractivity contribution in [3.05, 3.63) is 0 Å². The maximum atomic E-state index is 5.30. The van der Waals surface area contributed by atoms with E-state index in [1.54, 1.807) is 0 Å². The van der Waals surface area contributed by atoms with Crippen molar-refractivity contribution in [2.45, 2.75) is 25.7 Å². The molecule has 0 aromatic heterocycles. The standard InChI is InChI=1S/C10H19NO/c1-12-8-10(4-5-10)9-2-6-11-7-3-9/h9,11H,2-8H2,1H3. The summed E-state index contributed by atoms with van der Waals surface area (Å²) in [4.78, 5) is 0. The second-order valence-electron chi connectivity index (χ2n) is 4.32. The molecular weight excluding hydrogens is 150 g/mol. The van der Waals surface area contributed by atoms with Crippen molar-refractivity contribution in [3.63, 3.8) is 0 Å². The minimum absolute atomic E-state index is 0.608. The summed E-state index contributed by atoms with van der Waals surface area (Å²) in [6, 6.07) is 0. The number of ether oxygens (including phenoxy) is 1. The van der Waals surface area contributed by atoms with Crippen molar-refractivity contribution in [2.75, 3.05) is 26.8 Å². The Kier molecular flexibility index (Phi) is 2.37. The highest BCUT2D eigenvalue weighted by molar-refractivity contribution is 4.99. The zero-order chi connectivity index (χ0) is 8.44. The van der Waals surface area contributed by atoms with Crippen LogP contribution in [0, 0.1) is 11.3 Å². The summed E-state index contributed by atoms with van der Waals surface area (Å²) in [6.07, 6.45) is 5.55. The lowest BCUT2D eigenvalue weighted by Gasteiger charge is -2.30. The average Bonchev–Trinajstić information content (AvgIpc) is 2.88. The van der Waals surface area contributed by atoms with Gasteiger partial charge in [-0.05, 0) is 50.1 Å². The number of piperidine rings is 1. The van der Waals surface area contributed by atoms with E-state index in [1.807, 2.05) is 7.11 Å². The normalized spacial score (nSPS) is 28.8. The summed E-state index contributed by atoms with van der Waals surface area (Å²) in [5.74, 6) is 0.943. The zero-order valence-electron chi connectivity index (χ0n) is 7.94. The smallest absolute Gasteiger partial charge is 0.0521 e. The van der Waals surface area contributed by atoms with Crippen molar-refractivity contribution < 1.29 is 4.74 Å². The Morgan fingerprint density at radius 2 is 2.00 bits per heavy atom. The Morgan fingerprint density at radius 1 is 1.33 bits per heavy atom. The monoisotopic (exact) mass is 169 g/mol. The van der Waals surface area contributed by atoms with Crippen LogP contribution in [0.1, 0.15) is 25.7 Å². The first-order valence-electron chi connectivity index (χ1n) is 5.07. The van der Waals surface area contributed by atoms with Crippen LogP contribution in [0.25, 0.3) is 0 Å². The minimum Gasteiger partial charge on any atom is -0.384 e. The molecule has 1 aliphatic heterocycles. The molecule has 2 rings (SSSR count). The first-order valence-corrected chi connectivity index (χ1v) is 5.07. The van der Waals surface area contributed by atoms with Gasteiger partial charge in [0.1, 0.15) is 0 Å². The van der Waals surface area contributed by atoms with Crippen LogP contribution in [0.15, 0.2) is 0 Å². The largest absolute Gasteiger partial charge is 0.384 e. The Bertz CT molecular complexity index is 148. The van der Waals surface area contributed by atoms with E-state index in [0.717, 1.165) is 12.5 Å². The molecule has 1 saturated carbocycles.